The van der Waals surface area contributed by atoms with Gasteiger partial charge in [0.1, 0.15) is 5.75 Å². The Morgan fingerprint density at radius 3 is 1.67 bits per heavy atom. The molecule has 0 aliphatic carbocycles. The third-order valence-electron chi connectivity index (χ3n) is 3.55. The van der Waals surface area contributed by atoms with Gasteiger partial charge >= 0.3 is 5.97 Å². The minimum Gasteiger partial charge on any atom is -0.481 e. The maximum Gasteiger partial charge on any atom is 0.341 e. The van der Waals surface area contributed by atoms with Crippen LogP contribution in [0.1, 0.15) is 11.1 Å². The van der Waals surface area contributed by atoms with Crippen LogP contribution >= 0.6 is 11.6 Å². The normalized spacial score (nSPS) is 18.3. The van der Waals surface area contributed by atoms with Gasteiger partial charge in [0.2, 0.25) is 0 Å². The van der Waals surface area contributed by atoms with Gasteiger partial charge in [0.15, 0.2) is 6.61 Å². The number of carboxylic acids is 1. The first kappa shape index (κ1) is 21.9. The largest absolute Gasteiger partial charge is 0.481 e. The zero-order chi connectivity index (χ0) is 19.3. The van der Waals surface area contributed by atoms with Crippen LogP contribution in [0.4, 0.5) is 0 Å². The molecule has 0 saturated heterocycles. The van der Waals surface area contributed by atoms with Crippen LogP contribution in [0.5, 0.6) is 5.75 Å². The zero-order valence-corrected chi connectivity index (χ0v) is 15.9. The van der Waals surface area contributed by atoms with Crippen LogP contribution in [0.2, 0.25) is 5.02 Å². The van der Waals surface area contributed by atoms with Gasteiger partial charge in [0.25, 0.3) is 0 Å². The van der Waals surface area contributed by atoms with Crippen molar-refractivity contribution in [2.45, 2.75) is 13.2 Å². The third kappa shape index (κ3) is 8.87. The lowest BCUT2D eigenvalue weighted by molar-refractivity contribution is -0.139. The molecular weight excluding hydrogens is 380 g/mol. The quantitative estimate of drug-likeness (QED) is 0.816. The average Bonchev–Trinajstić information content (AvgIpc) is 2.63. The van der Waals surface area contributed by atoms with Gasteiger partial charge < -0.3 is 33.5 Å². The molecule has 0 amide bonds. The van der Waals surface area contributed by atoms with E-state index in [1.54, 1.807) is 12.1 Å². The molecule has 152 valence electrons. The molecule has 2 rings (SSSR count). The lowest BCUT2D eigenvalue weighted by Gasteiger charge is -2.17. The van der Waals surface area contributed by atoms with E-state index in [2.05, 4.69) is 0 Å². The van der Waals surface area contributed by atoms with E-state index in [1.807, 2.05) is 0 Å². The Morgan fingerprint density at radius 1 is 0.852 bits per heavy atom. The smallest absolute Gasteiger partial charge is 0.341 e. The first-order chi connectivity index (χ1) is 13.2. The van der Waals surface area contributed by atoms with Crippen LogP contribution in [-0.4, -0.2) is 70.5 Å². The zero-order valence-electron chi connectivity index (χ0n) is 15.1. The van der Waals surface area contributed by atoms with Gasteiger partial charge in [-0.1, -0.05) is 11.6 Å². The highest BCUT2D eigenvalue weighted by Gasteiger charge is 2.14. The summed E-state index contributed by atoms with van der Waals surface area (Å²) in [6, 6.07) is 3.39. The molecule has 0 spiro atoms. The molecule has 1 heterocycles. The standard InChI is InChI=1S/C18H25ClO8/c19-16-9-14-11-25-7-5-23-3-1-22-2-4-24-6-8-26-12-15(10-16)18(14)27-13-17(20)21/h9-10H,1-8,11-13H2,(H,20,21). The topological polar surface area (TPSA) is 92.7 Å². The number of halogens is 1. The van der Waals surface area contributed by atoms with Crippen LogP contribution in [0.3, 0.4) is 0 Å². The number of rotatable bonds is 3. The van der Waals surface area contributed by atoms with Crippen molar-refractivity contribution in [2.24, 2.45) is 0 Å². The second-order valence-electron chi connectivity index (χ2n) is 5.68. The Balaban J connectivity index is 2.07. The summed E-state index contributed by atoms with van der Waals surface area (Å²) >= 11 is 6.19. The number of hydrogen-bond donors (Lipinski definition) is 1. The molecule has 1 aliphatic heterocycles. The highest BCUT2D eigenvalue weighted by Crippen LogP contribution is 2.30. The predicted octanol–water partition coefficient (Wildman–Crippen LogP) is 1.90. The predicted molar refractivity (Wildman–Crippen MR) is 96.4 cm³/mol. The van der Waals surface area contributed by atoms with E-state index < -0.39 is 12.6 Å². The van der Waals surface area contributed by atoms with E-state index in [1.165, 1.54) is 0 Å². The molecule has 0 atom stereocenters. The number of carboxylic acid groups (broad SMARTS) is 1. The Labute approximate surface area is 163 Å². The van der Waals surface area contributed by atoms with Crippen molar-refractivity contribution in [3.63, 3.8) is 0 Å². The first-order valence-corrected chi connectivity index (χ1v) is 9.09. The second-order valence-corrected chi connectivity index (χ2v) is 6.11. The van der Waals surface area contributed by atoms with Gasteiger partial charge in [-0.3, -0.25) is 0 Å². The molecule has 0 unspecified atom stereocenters. The Hall–Kier alpha value is -1.42. The summed E-state index contributed by atoms with van der Waals surface area (Å²) in [5, 5.41) is 9.42. The van der Waals surface area contributed by atoms with Crippen LogP contribution in [0.25, 0.3) is 0 Å². The number of hydrogen-bond acceptors (Lipinski definition) is 7. The molecule has 1 aromatic carbocycles. The van der Waals surface area contributed by atoms with E-state index in [9.17, 15) is 4.79 Å². The van der Waals surface area contributed by atoms with Gasteiger partial charge in [-0.15, -0.1) is 0 Å². The monoisotopic (exact) mass is 404 g/mol. The summed E-state index contributed by atoms with van der Waals surface area (Å²) in [6.45, 7) is 3.48. The van der Waals surface area contributed by atoms with Crippen LogP contribution in [0, 0.1) is 0 Å². The first-order valence-electron chi connectivity index (χ1n) is 8.71. The SMILES string of the molecule is O=C(O)COc1c2cc(Cl)cc1COCCOCCOCCOCCOC2. The molecule has 1 aromatic rings. The van der Waals surface area contributed by atoms with Crippen molar-refractivity contribution in [3.8, 4) is 5.75 Å². The van der Waals surface area contributed by atoms with E-state index in [-0.39, 0.29) is 13.2 Å². The molecule has 1 N–H and O–H groups in total. The van der Waals surface area contributed by atoms with Crippen molar-refractivity contribution < 1.29 is 38.3 Å². The number of ether oxygens (including phenoxy) is 6. The number of fused-ring (bicyclic) bond motifs is 2. The minimum atomic E-state index is -1.07. The van der Waals surface area contributed by atoms with Gasteiger partial charge in [0.05, 0.1) is 66.1 Å². The van der Waals surface area contributed by atoms with Crippen molar-refractivity contribution in [1.82, 2.24) is 0 Å². The average molecular weight is 405 g/mol. The van der Waals surface area contributed by atoms with E-state index in [4.69, 9.17) is 45.1 Å². The molecule has 0 aromatic heterocycles. The third-order valence-corrected chi connectivity index (χ3v) is 3.77. The molecule has 8 nitrogen and oxygen atoms in total. The summed E-state index contributed by atoms with van der Waals surface area (Å²) < 4.78 is 32.9. The summed E-state index contributed by atoms with van der Waals surface area (Å²) in [4.78, 5) is 10.9. The number of carbonyl (C=O) groups is 1. The molecule has 0 saturated carbocycles. The fourth-order valence-electron chi connectivity index (χ4n) is 2.39. The van der Waals surface area contributed by atoms with Crippen LogP contribution in [-0.2, 0) is 41.7 Å². The summed E-state index contributed by atoms with van der Waals surface area (Å²) in [5.74, 6) is -0.652. The van der Waals surface area contributed by atoms with Gasteiger partial charge in [-0.25, -0.2) is 4.79 Å². The minimum absolute atomic E-state index is 0.214. The highest BCUT2D eigenvalue weighted by molar-refractivity contribution is 6.30. The molecule has 2 bridgehead atoms. The molecule has 9 heteroatoms. The Morgan fingerprint density at radius 2 is 1.26 bits per heavy atom. The van der Waals surface area contributed by atoms with Gasteiger partial charge in [-0.2, -0.15) is 0 Å². The maximum atomic E-state index is 10.9. The van der Waals surface area contributed by atoms with E-state index in [0.717, 1.165) is 0 Å². The summed E-state index contributed by atoms with van der Waals surface area (Å²) in [7, 11) is 0. The summed E-state index contributed by atoms with van der Waals surface area (Å²) in [5.41, 5.74) is 1.31. The van der Waals surface area contributed by atoms with Gasteiger partial charge in [-0.05, 0) is 12.1 Å². The van der Waals surface area contributed by atoms with Crippen molar-refractivity contribution >= 4 is 17.6 Å². The van der Waals surface area contributed by atoms with Crippen molar-refractivity contribution in [2.75, 3.05) is 59.5 Å². The van der Waals surface area contributed by atoms with Crippen LogP contribution < -0.4 is 4.74 Å². The number of benzene rings is 1. The molecule has 1 aliphatic rings. The lowest BCUT2D eigenvalue weighted by atomic mass is 10.1. The second kappa shape index (κ2) is 12.9. The lowest BCUT2D eigenvalue weighted by Crippen LogP contribution is -2.15. The Kier molecular flexibility index (Phi) is 10.4. The maximum absolute atomic E-state index is 10.9. The van der Waals surface area contributed by atoms with Crippen molar-refractivity contribution in [3.05, 3.63) is 28.3 Å². The van der Waals surface area contributed by atoms with Crippen molar-refractivity contribution in [1.29, 1.82) is 0 Å². The van der Waals surface area contributed by atoms with Crippen LogP contribution in [0.15, 0.2) is 12.1 Å². The molecule has 0 fully saturated rings. The van der Waals surface area contributed by atoms with E-state index in [0.29, 0.717) is 74.8 Å². The fraction of sp³-hybridized carbons (Fsp3) is 0.611. The van der Waals surface area contributed by atoms with Gasteiger partial charge in [0, 0.05) is 16.1 Å². The fourth-order valence-corrected chi connectivity index (χ4v) is 2.65. The molecular formula is C18H25ClO8. The molecule has 27 heavy (non-hydrogen) atoms. The van der Waals surface area contributed by atoms with E-state index >= 15 is 0 Å². The summed E-state index contributed by atoms with van der Waals surface area (Å²) in [6.07, 6.45) is 0. The molecule has 0 radical (unpaired) electrons. The highest BCUT2D eigenvalue weighted by atomic mass is 35.5. The Bertz CT molecular complexity index is 543. The number of aliphatic carboxylic acids is 1.